The molecule has 0 bridgehead atoms. The molecular weight excluding hydrogens is 725 g/mol. The van der Waals surface area contributed by atoms with E-state index in [1.807, 2.05) is 72.8 Å². The van der Waals surface area contributed by atoms with Crippen molar-refractivity contribution >= 4 is 39.3 Å². The van der Waals surface area contributed by atoms with E-state index in [0.717, 1.165) is 0 Å². The van der Waals surface area contributed by atoms with Crippen LogP contribution in [0.3, 0.4) is 0 Å². The zero-order chi connectivity index (χ0) is 39.4. The van der Waals surface area contributed by atoms with Gasteiger partial charge in [0.25, 0.3) is 0 Å². The summed E-state index contributed by atoms with van der Waals surface area (Å²) >= 11 is 0. The number of benzene rings is 8. The number of fused-ring (bicyclic) bond motifs is 3. The summed E-state index contributed by atoms with van der Waals surface area (Å²) in [7, 11) is 0. The molecule has 0 amide bonds. The van der Waals surface area contributed by atoms with Gasteiger partial charge in [-0.1, -0.05) is 109 Å². The molecule has 8 aromatic carbocycles. The van der Waals surface area contributed by atoms with Gasteiger partial charge >= 0.3 is 0 Å². The van der Waals surface area contributed by atoms with Crippen molar-refractivity contribution in [2.45, 2.75) is 0 Å². The Bertz CT molecular complexity index is 2970. The summed E-state index contributed by atoms with van der Waals surface area (Å²) in [6.07, 6.45) is 0. The van der Waals surface area contributed by atoms with Crippen LogP contribution in [-0.4, -0.2) is 17.3 Å². The van der Waals surface area contributed by atoms with Gasteiger partial charge in [-0.25, -0.2) is 0 Å². The predicted octanol–water partition coefficient (Wildman–Crippen LogP) is 12.7. The molecule has 0 N–H and O–H groups in total. The highest BCUT2D eigenvalue weighted by molar-refractivity contribution is 6.33. The van der Waals surface area contributed by atoms with Gasteiger partial charge < -0.3 is 18.6 Å². The molecule has 0 aliphatic carbocycles. The van der Waals surface area contributed by atoms with E-state index in [2.05, 4.69) is 0 Å². The molecule has 7 nitrogen and oxygen atoms in total. The summed E-state index contributed by atoms with van der Waals surface area (Å²) in [6, 6.07) is 56.5. The van der Waals surface area contributed by atoms with Crippen LogP contribution in [0.1, 0.15) is 47.8 Å². The molecule has 9 rings (SSSR count). The maximum atomic E-state index is 15.5. The molecule has 0 aliphatic rings. The molecule has 0 saturated carbocycles. The van der Waals surface area contributed by atoms with E-state index in [4.69, 9.17) is 18.6 Å². The maximum Gasteiger partial charge on any atom is 0.198 e. The van der Waals surface area contributed by atoms with E-state index in [1.54, 1.807) is 121 Å². The Hall–Kier alpha value is -8.03. The van der Waals surface area contributed by atoms with Crippen LogP contribution in [0.2, 0.25) is 0 Å². The standard InChI is InChI=1S/C51H32O7/c52-49(37-25-11-15-29-42(37)55-33-18-4-1-5-19-33)40-32-45-46(36-24-10-14-28-41(36)58-45)48(51(54)39-27-13-17-31-44(39)57-35-22-8-3-9-23-35)47(40)50(53)38-26-12-16-30-43(38)56-34-20-6-2-7-21-34/h1-32H. The third-order valence-electron chi connectivity index (χ3n) is 9.67. The van der Waals surface area contributed by atoms with E-state index >= 15 is 14.4 Å². The highest BCUT2D eigenvalue weighted by atomic mass is 16.5. The quantitative estimate of drug-likeness (QED) is 0.115. The van der Waals surface area contributed by atoms with Gasteiger partial charge in [-0.3, -0.25) is 14.4 Å². The van der Waals surface area contributed by atoms with Crippen LogP contribution in [-0.2, 0) is 0 Å². The molecule has 1 aromatic heterocycles. The smallest absolute Gasteiger partial charge is 0.198 e. The van der Waals surface area contributed by atoms with Crippen LogP contribution in [0.15, 0.2) is 199 Å². The molecule has 0 unspecified atom stereocenters. The van der Waals surface area contributed by atoms with Gasteiger partial charge in [0.2, 0.25) is 0 Å². The fraction of sp³-hybridized carbons (Fsp3) is 0. The zero-order valence-corrected chi connectivity index (χ0v) is 30.8. The summed E-state index contributed by atoms with van der Waals surface area (Å²) in [4.78, 5) is 46.3. The molecule has 0 spiro atoms. The Labute approximate surface area is 333 Å². The Kier molecular flexibility index (Phi) is 9.60. The number of hydrogen-bond donors (Lipinski definition) is 0. The van der Waals surface area contributed by atoms with E-state index in [9.17, 15) is 0 Å². The summed E-state index contributed by atoms with van der Waals surface area (Å²) in [5, 5.41) is 0.974. The van der Waals surface area contributed by atoms with Crippen LogP contribution in [0, 0.1) is 0 Å². The fourth-order valence-corrected chi connectivity index (χ4v) is 7.02. The molecular formula is C51H32O7. The number of ether oxygens (including phenoxy) is 3. The number of carbonyl (C=O) groups excluding carboxylic acids is 3. The van der Waals surface area contributed by atoms with Crippen molar-refractivity contribution in [3.8, 4) is 34.5 Å². The molecule has 58 heavy (non-hydrogen) atoms. The first kappa shape index (κ1) is 35.7. The minimum Gasteiger partial charge on any atom is -0.457 e. The largest absolute Gasteiger partial charge is 0.457 e. The van der Waals surface area contributed by atoms with Crippen molar-refractivity contribution in [3.63, 3.8) is 0 Å². The van der Waals surface area contributed by atoms with E-state index in [0.29, 0.717) is 33.6 Å². The highest BCUT2D eigenvalue weighted by Crippen LogP contribution is 2.41. The monoisotopic (exact) mass is 756 g/mol. The van der Waals surface area contributed by atoms with Gasteiger partial charge in [-0.2, -0.15) is 0 Å². The number of ketones is 3. The molecule has 278 valence electrons. The topological polar surface area (TPSA) is 92.0 Å². The fourth-order valence-electron chi connectivity index (χ4n) is 7.02. The first-order valence-corrected chi connectivity index (χ1v) is 18.6. The highest BCUT2D eigenvalue weighted by Gasteiger charge is 2.34. The van der Waals surface area contributed by atoms with Crippen LogP contribution in [0.4, 0.5) is 0 Å². The minimum absolute atomic E-state index is 0.0177. The minimum atomic E-state index is -0.603. The summed E-state index contributed by atoms with van der Waals surface area (Å²) in [5.74, 6) is 0.618. The first-order chi connectivity index (χ1) is 28.5. The molecule has 7 heteroatoms. The van der Waals surface area contributed by atoms with Crippen LogP contribution >= 0.6 is 0 Å². The van der Waals surface area contributed by atoms with Crippen molar-refractivity contribution in [1.29, 1.82) is 0 Å². The second-order valence-electron chi connectivity index (χ2n) is 13.4. The third-order valence-corrected chi connectivity index (χ3v) is 9.67. The maximum absolute atomic E-state index is 15.5. The van der Waals surface area contributed by atoms with E-state index in [1.165, 1.54) is 0 Å². The molecule has 0 saturated heterocycles. The van der Waals surface area contributed by atoms with Crippen LogP contribution in [0.5, 0.6) is 34.5 Å². The van der Waals surface area contributed by atoms with Gasteiger partial charge in [0, 0.05) is 27.5 Å². The van der Waals surface area contributed by atoms with Gasteiger partial charge in [0.05, 0.1) is 16.7 Å². The number of furan rings is 1. The normalized spacial score (nSPS) is 11.0. The van der Waals surface area contributed by atoms with Gasteiger partial charge in [-0.15, -0.1) is 0 Å². The van der Waals surface area contributed by atoms with Crippen LogP contribution < -0.4 is 14.2 Å². The average molecular weight is 757 g/mol. The van der Waals surface area contributed by atoms with Crippen molar-refractivity contribution in [1.82, 2.24) is 0 Å². The van der Waals surface area contributed by atoms with Gasteiger partial charge in [0.15, 0.2) is 17.3 Å². The van der Waals surface area contributed by atoms with Crippen LogP contribution in [0.25, 0.3) is 21.9 Å². The Morgan fingerprint density at radius 3 is 1.21 bits per heavy atom. The lowest BCUT2D eigenvalue weighted by atomic mass is 9.84. The third kappa shape index (κ3) is 6.89. The zero-order valence-electron chi connectivity index (χ0n) is 30.8. The molecule has 0 aliphatic heterocycles. The molecule has 1 heterocycles. The van der Waals surface area contributed by atoms with Gasteiger partial charge in [0.1, 0.15) is 45.7 Å². The molecule has 0 fully saturated rings. The first-order valence-electron chi connectivity index (χ1n) is 18.6. The molecule has 9 aromatic rings. The molecule has 0 atom stereocenters. The second kappa shape index (κ2) is 15.6. The van der Waals surface area contributed by atoms with Crippen molar-refractivity contribution < 1.29 is 33.0 Å². The van der Waals surface area contributed by atoms with Crippen molar-refractivity contribution in [3.05, 3.63) is 228 Å². The molecule has 0 radical (unpaired) electrons. The van der Waals surface area contributed by atoms with Gasteiger partial charge in [-0.05, 0) is 84.9 Å². The summed E-state index contributed by atoms with van der Waals surface area (Å²) < 4.78 is 25.2. The van der Waals surface area contributed by atoms with Crippen molar-refractivity contribution in [2.75, 3.05) is 0 Å². The average Bonchev–Trinajstić information content (AvgIpc) is 3.65. The number of para-hydroxylation sites is 7. The Balaban J connectivity index is 1.32. The SMILES string of the molecule is O=C(c1ccccc1Oc1ccccc1)c1cc2oc3ccccc3c2c(C(=O)c2ccccc2Oc2ccccc2)c1C(=O)c1ccccc1Oc1ccccc1. The lowest BCUT2D eigenvalue weighted by Crippen LogP contribution is -2.19. The summed E-state index contributed by atoms with van der Waals surface area (Å²) in [5.41, 5.74) is 1.03. The summed E-state index contributed by atoms with van der Waals surface area (Å²) in [6.45, 7) is 0. The second-order valence-corrected chi connectivity index (χ2v) is 13.4. The Morgan fingerprint density at radius 2 is 0.724 bits per heavy atom. The predicted molar refractivity (Wildman–Crippen MR) is 223 cm³/mol. The lowest BCUT2D eigenvalue weighted by molar-refractivity contribution is 0.0989. The number of hydrogen-bond acceptors (Lipinski definition) is 7. The van der Waals surface area contributed by atoms with E-state index in [-0.39, 0.29) is 56.2 Å². The Morgan fingerprint density at radius 1 is 0.345 bits per heavy atom. The van der Waals surface area contributed by atoms with E-state index < -0.39 is 17.3 Å². The number of carbonyl (C=O) groups is 3. The lowest BCUT2D eigenvalue weighted by Gasteiger charge is -2.18. The van der Waals surface area contributed by atoms with Crippen molar-refractivity contribution in [2.24, 2.45) is 0 Å². The number of rotatable bonds is 12.